The van der Waals surface area contributed by atoms with Crippen molar-refractivity contribution in [1.82, 2.24) is 15.3 Å². The van der Waals surface area contributed by atoms with E-state index in [4.69, 9.17) is 9.47 Å². The number of aliphatic hydroxyl groups is 1. The van der Waals surface area contributed by atoms with Crippen LogP contribution in [0.15, 0.2) is 35.1 Å². The molecule has 2 aromatic rings. The zero-order valence-electron chi connectivity index (χ0n) is 17.9. The first kappa shape index (κ1) is 21.8. The van der Waals surface area contributed by atoms with Gasteiger partial charge in [0.15, 0.2) is 5.82 Å². The van der Waals surface area contributed by atoms with Gasteiger partial charge in [-0.3, -0.25) is 0 Å². The van der Waals surface area contributed by atoms with Crippen LogP contribution in [0.25, 0.3) is 0 Å². The molecule has 0 saturated carbocycles. The van der Waals surface area contributed by atoms with Crippen LogP contribution in [-0.2, 0) is 11.3 Å². The fourth-order valence-electron chi connectivity index (χ4n) is 4.26. The zero-order chi connectivity index (χ0) is 22.2. The van der Waals surface area contributed by atoms with E-state index in [-0.39, 0.29) is 12.6 Å². The number of aromatic nitrogens is 2. The predicted octanol–water partition coefficient (Wildman–Crippen LogP) is 3.73. The summed E-state index contributed by atoms with van der Waals surface area (Å²) in [6, 6.07) is 7.49. The molecule has 1 aromatic heterocycles. The van der Waals surface area contributed by atoms with Crippen LogP contribution in [0, 0.1) is 0 Å². The summed E-state index contributed by atoms with van der Waals surface area (Å²) in [5, 5.41) is 12.8. The molecule has 2 N–H and O–H groups in total. The lowest BCUT2D eigenvalue weighted by Gasteiger charge is -2.42. The summed E-state index contributed by atoms with van der Waals surface area (Å²) in [4.78, 5) is 23.5. The Labute approximate surface area is 190 Å². The van der Waals surface area contributed by atoms with E-state index in [9.17, 15) is 9.90 Å². The van der Waals surface area contributed by atoms with Crippen molar-refractivity contribution in [3.63, 3.8) is 0 Å². The van der Waals surface area contributed by atoms with E-state index in [1.807, 2.05) is 45.0 Å². The lowest BCUT2D eigenvalue weighted by molar-refractivity contribution is 0.0148. The van der Waals surface area contributed by atoms with Gasteiger partial charge >= 0.3 is 6.09 Å². The monoisotopic (exact) mass is 490 g/mol. The number of fused-ring (bicyclic) bond motifs is 1. The van der Waals surface area contributed by atoms with Gasteiger partial charge in [0.25, 0.3) is 0 Å². The molecule has 2 aliphatic heterocycles. The number of amides is 1. The molecule has 0 bridgehead atoms. The number of anilines is 1. The summed E-state index contributed by atoms with van der Waals surface area (Å²) < 4.78 is 12.6. The highest BCUT2D eigenvalue weighted by atomic mass is 79.9. The molecule has 31 heavy (non-hydrogen) atoms. The molecule has 1 atom stereocenters. The summed E-state index contributed by atoms with van der Waals surface area (Å²) in [6.45, 7) is 6.66. The largest absolute Gasteiger partial charge is 0.484 e. The first-order valence-corrected chi connectivity index (χ1v) is 11.1. The Morgan fingerprint density at radius 1 is 1.35 bits per heavy atom. The molecule has 1 spiro atoms. The van der Waals surface area contributed by atoms with E-state index in [2.05, 4.69) is 36.1 Å². The highest BCUT2D eigenvalue weighted by molar-refractivity contribution is 9.10. The van der Waals surface area contributed by atoms with Crippen molar-refractivity contribution in [3.05, 3.63) is 46.3 Å². The molecular weight excluding hydrogens is 464 g/mol. The van der Waals surface area contributed by atoms with E-state index in [0.29, 0.717) is 42.0 Å². The van der Waals surface area contributed by atoms with Gasteiger partial charge < -0.3 is 24.8 Å². The molecule has 1 fully saturated rings. The quantitative estimate of drug-likeness (QED) is 0.676. The Morgan fingerprint density at radius 2 is 2.06 bits per heavy atom. The zero-order valence-corrected chi connectivity index (χ0v) is 19.5. The number of rotatable bonds is 3. The number of piperidine rings is 1. The minimum atomic E-state index is -0.583. The van der Waals surface area contributed by atoms with E-state index >= 15 is 0 Å². The Hall–Kier alpha value is -2.39. The van der Waals surface area contributed by atoms with Crippen LogP contribution in [0.3, 0.4) is 0 Å². The lowest BCUT2D eigenvalue weighted by Crippen LogP contribution is -2.54. The second kappa shape index (κ2) is 8.27. The number of carbonyl (C=O) groups excluding carboxylic acids is 1. The highest BCUT2D eigenvalue weighted by Crippen LogP contribution is 2.48. The van der Waals surface area contributed by atoms with Crippen LogP contribution in [0.4, 0.5) is 10.6 Å². The first-order valence-electron chi connectivity index (χ1n) is 10.4. The molecule has 0 radical (unpaired) electrons. The molecule has 4 rings (SSSR count). The van der Waals surface area contributed by atoms with Gasteiger partial charge in [0, 0.05) is 31.5 Å². The van der Waals surface area contributed by atoms with E-state index < -0.39 is 17.3 Å². The van der Waals surface area contributed by atoms with Crippen molar-refractivity contribution in [2.45, 2.75) is 57.5 Å². The molecule has 166 valence electrons. The molecule has 1 saturated heterocycles. The molecule has 9 heteroatoms. The van der Waals surface area contributed by atoms with E-state index in [1.54, 1.807) is 6.20 Å². The fourth-order valence-corrected chi connectivity index (χ4v) is 4.58. The minimum Gasteiger partial charge on any atom is -0.484 e. The number of ether oxygens (including phenoxy) is 2. The molecule has 1 aromatic carbocycles. The van der Waals surface area contributed by atoms with Crippen LogP contribution in [0.1, 0.15) is 50.9 Å². The number of hydrogen-bond acceptors (Lipinski definition) is 7. The smallest absolute Gasteiger partial charge is 0.408 e. The first-order chi connectivity index (χ1) is 14.7. The number of benzene rings is 1. The number of nitrogens with zero attached hydrogens (tertiary/aromatic N) is 3. The molecule has 3 heterocycles. The van der Waals surface area contributed by atoms with Crippen LogP contribution in [-0.4, -0.2) is 45.5 Å². The third-order valence-corrected chi connectivity index (χ3v) is 5.96. The fraction of sp³-hybridized carbons (Fsp3) is 0.500. The molecule has 0 unspecified atom stereocenters. The van der Waals surface area contributed by atoms with E-state index in [0.717, 1.165) is 11.3 Å². The maximum atomic E-state index is 12.6. The SMILES string of the molecule is CC(C)(C)OC(=O)N[C@@H]1c2ccccc2OC12CCN(c1ncc(Br)nc1CO)CC2. The van der Waals surface area contributed by atoms with E-state index in [1.165, 1.54) is 0 Å². The number of hydrogen-bond donors (Lipinski definition) is 2. The van der Waals surface area contributed by atoms with Gasteiger partial charge in [0.05, 0.1) is 12.8 Å². The molecule has 0 aliphatic carbocycles. The van der Waals surface area contributed by atoms with Gasteiger partial charge in [0.2, 0.25) is 0 Å². The van der Waals surface area contributed by atoms with Gasteiger partial charge in [-0.1, -0.05) is 18.2 Å². The van der Waals surface area contributed by atoms with Crippen molar-refractivity contribution in [2.24, 2.45) is 0 Å². The van der Waals surface area contributed by atoms with Crippen molar-refractivity contribution in [3.8, 4) is 5.75 Å². The van der Waals surface area contributed by atoms with Gasteiger partial charge in [-0.05, 0) is 42.8 Å². The number of aliphatic hydroxyl groups excluding tert-OH is 1. The summed E-state index contributed by atoms with van der Waals surface area (Å²) in [7, 11) is 0. The van der Waals surface area contributed by atoms with Crippen molar-refractivity contribution in [1.29, 1.82) is 0 Å². The van der Waals surface area contributed by atoms with Crippen molar-refractivity contribution >= 4 is 27.8 Å². The molecule has 2 aliphatic rings. The minimum absolute atomic E-state index is 0.186. The van der Waals surface area contributed by atoms with Crippen LogP contribution in [0.2, 0.25) is 0 Å². The molecule has 8 nitrogen and oxygen atoms in total. The number of halogens is 1. The number of nitrogens with one attached hydrogen (secondary N) is 1. The Balaban J connectivity index is 1.56. The summed E-state index contributed by atoms with van der Waals surface area (Å²) >= 11 is 3.30. The Morgan fingerprint density at radius 3 is 2.74 bits per heavy atom. The van der Waals surface area contributed by atoms with Crippen LogP contribution < -0.4 is 15.0 Å². The predicted molar refractivity (Wildman–Crippen MR) is 119 cm³/mol. The summed E-state index contributed by atoms with van der Waals surface area (Å²) in [5.74, 6) is 1.46. The molecular formula is C22H27BrN4O4. The summed E-state index contributed by atoms with van der Waals surface area (Å²) in [6.07, 6.45) is 2.52. The van der Waals surface area contributed by atoms with Gasteiger partial charge in [-0.15, -0.1) is 0 Å². The maximum absolute atomic E-state index is 12.6. The van der Waals surface area contributed by atoms with Crippen LogP contribution in [0.5, 0.6) is 5.75 Å². The summed E-state index contributed by atoms with van der Waals surface area (Å²) in [5.41, 5.74) is 0.338. The van der Waals surface area contributed by atoms with Gasteiger partial charge in [-0.25, -0.2) is 14.8 Å². The second-order valence-electron chi connectivity index (χ2n) is 8.89. The Kier molecular flexibility index (Phi) is 5.83. The number of alkyl carbamates (subject to hydrolysis) is 1. The van der Waals surface area contributed by atoms with Gasteiger partial charge in [0.1, 0.15) is 33.3 Å². The normalized spacial score (nSPS) is 19.6. The van der Waals surface area contributed by atoms with Crippen molar-refractivity contribution in [2.75, 3.05) is 18.0 Å². The average Bonchev–Trinajstić information content (AvgIpc) is 3.00. The van der Waals surface area contributed by atoms with Crippen LogP contribution >= 0.6 is 15.9 Å². The average molecular weight is 491 g/mol. The third kappa shape index (κ3) is 4.48. The number of para-hydroxylation sites is 1. The standard InChI is InChI=1S/C22H27BrN4O4/c1-21(2,3)31-20(29)26-18-14-6-4-5-7-16(14)30-22(18)8-10-27(11-9-22)19-15(13-28)25-17(23)12-24-19/h4-7,12,18,28H,8-11,13H2,1-3H3,(H,26,29)/t18-/m1/s1. The molecule has 1 amide bonds. The highest BCUT2D eigenvalue weighted by Gasteiger charge is 2.51. The van der Waals surface area contributed by atoms with Crippen molar-refractivity contribution < 1.29 is 19.4 Å². The van der Waals surface area contributed by atoms with Gasteiger partial charge in [-0.2, -0.15) is 0 Å². The number of carbonyl (C=O) groups is 1. The third-order valence-electron chi connectivity index (χ3n) is 5.58. The maximum Gasteiger partial charge on any atom is 0.408 e. The topological polar surface area (TPSA) is 96.8 Å². The lowest BCUT2D eigenvalue weighted by atomic mass is 9.82. The second-order valence-corrected chi connectivity index (χ2v) is 9.70. The Bertz CT molecular complexity index is 970.